The van der Waals surface area contributed by atoms with Crippen LogP contribution < -0.4 is 5.48 Å². The topological polar surface area (TPSA) is 49.3 Å². The molecule has 0 spiro atoms. The SMILES string of the molecule is C=O.ONCc1ccccc1. The summed E-state index contributed by atoms with van der Waals surface area (Å²) < 4.78 is 0. The van der Waals surface area contributed by atoms with Crippen molar-refractivity contribution in [1.29, 1.82) is 0 Å². The quantitative estimate of drug-likeness (QED) is 0.623. The molecule has 0 unspecified atom stereocenters. The Bertz CT molecular complexity index is 177. The van der Waals surface area contributed by atoms with Gasteiger partial charge in [0, 0.05) is 6.54 Å². The van der Waals surface area contributed by atoms with Crippen molar-refractivity contribution in [3.63, 3.8) is 0 Å². The summed E-state index contributed by atoms with van der Waals surface area (Å²) in [5.41, 5.74) is 3.17. The monoisotopic (exact) mass is 153 g/mol. The predicted molar refractivity (Wildman–Crippen MR) is 42.2 cm³/mol. The molecule has 0 atom stereocenters. The normalized spacial score (nSPS) is 8.09. The summed E-state index contributed by atoms with van der Waals surface area (Å²) >= 11 is 0. The Morgan fingerprint density at radius 3 is 2.27 bits per heavy atom. The number of hydrogen-bond donors (Lipinski definition) is 2. The largest absolute Gasteiger partial charge is 0.316 e. The molecule has 0 aromatic heterocycles. The van der Waals surface area contributed by atoms with E-state index in [9.17, 15) is 0 Å². The highest BCUT2D eigenvalue weighted by molar-refractivity contribution is 5.13. The van der Waals surface area contributed by atoms with E-state index in [-0.39, 0.29) is 0 Å². The summed E-state index contributed by atoms with van der Waals surface area (Å²) in [6.07, 6.45) is 0. The van der Waals surface area contributed by atoms with E-state index in [4.69, 9.17) is 10.0 Å². The lowest BCUT2D eigenvalue weighted by atomic mass is 10.2. The number of nitrogens with one attached hydrogen (secondary N) is 1. The molecule has 0 radical (unpaired) electrons. The van der Waals surface area contributed by atoms with Crippen LogP contribution >= 0.6 is 0 Å². The van der Waals surface area contributed by atoms with E-state index in [1.54, 1.807) is 0 Å². The Morgan fingerprint density at radius 2 is 1.82 bits per heavy atom. The van der Waals surface area contributed by atoms with Crippen LogP contribution in [0.4, 0.5) is 0 Å². The summed E-state index contributed by atoms with van der Waals surface area (Å²) in [5, 5.41) is 8.27. The van der Waals surface area contributed by atoms with Gasteiger partial charge in [-0.25, -0.2) is 5.48 Å². The molecular formula is C8H11NO2. The van der Waals surface area contributed by atoms with Crippen molar-refractivity contribution < 1.29 is 10.0 Å². The molecule has 60 valence electrons. The summed E-state index contributed by atoms with van der Waals surface area (Å²) in [5.74, 6) is 0. The molecule has 3 heteroatoms. The van der Waals surface area contributed by atoms with Gasteiger partial charge in [-0.15, -0.1) is 0 Å². The molecule has 2 N–H and O–H groups in total. The Kier molecular flexibility index (Phi) is 6.17. The van der Waals surface area contributed by atoms with Gasteiger partial charge < -0.3 is 10.0 Å². The van der Waals surface area contributed by atoms with E-state index in [1.807, 2.05) is 37.1 Å². The van der Waals surface area contributed by atoms with Crippen LogP contribution in [0.1, 0.15) is 5.56 Å². The van der Waals surface area contributed by atoms with Crippen molar-refractivity contribution >= 4 is 6.79 Å². The maximum atomic E-state index is 8.27. The molecule has 3 nitrogen and oxygen atoms in total. The van der Waals surface area contributed by atoms with Gasteiger partial charge >= 0.3 is 0 Å². The van der Waals surface area contributed by atoms with Gasteiger partial charge in [-0.1, -0.05) is 30.3 Å². The van der Waals surface area contributed by atoms with Crippen molar-refractivity contribution in [2.45, 2.75) is 6.54 Å². The Morgan fingerprint density at radius 1 is 1.27 bits per heavy atom. The molecule has 0 saturated heterocycles. The van der Waals surface area contributed by atoms with Crippen LogP contribution in [0.25, 0.3) is 0 Å². The molecule has 0 amide bonds. The fourth-order valence-electron chi connectivity index (χ4n) is 0.687. The van der Waals surface area contributed by atoms with E-state index in [1.165, 1.54) is 0 Å². The molecule has 1 aromatic rings. The van der Waals surface area contributed by atoms with E-state index in [0.717, 1.165) is 5.56 Å². The van der Waals surface area contributed by atoms with Crippen molar-refractivity contribution in [2.75, 3.05) is 0 Å². The molecule has 0 saturated carbocycles. The van der Waals surface area contributed by atoms with Crippen LogP contribution in [0.2, 0.25) is 0 Å². The maximum absolute atomic E-state index is 8.27. The number of hydrogen-bond acceptors (Lipinski definition) is 3. The third-order valence-electron chi connectivity index (χ3n) is 1.13. The molecule has 0 aliphatic carbocycles. The fourth-order valence-corrected chi connectivity index (χ4v) is 0.687. The van der Waals surface area contributed by atoms with Gasteiger partial charge in [0.15, 0.2) is 0 Å². The lowest BCUT2D eigenvalue weighted by Crippen LogP contribution is -2.05. The second-order valence-electron chi connectivity index (χ2n) is 1.82. The van der Waals surface area contributed by atoms with Crippen molar-refractivity contribution in [3.8, 4) is 0 Å². The first-order valence-corrected chi connectivity index (χ1v) is 3.13. The highest BCUT2D eigenvalue weighted by atomic mass is 16.5. The van der Waals surface area contributed by atoms with Gasteiger partial charge in [0.2, 0.25) is 0 Å². The third kappa shape index (κ3) is 4.25. The van der Waals surface area contributed by atoms with Crippen molar-refractivity contribution in [1.82, 2.24) is 5.48 Å². The highest BCUT2D eigenvalue weighted by Crippen LogP contribution is 1.95. The fraction of sp³-hybridized carbons (Fsp3) is 0.125. The first-order chi connectivity index (χ1) is 5.43. The zero-order valence-corrected chi connectivity index (χ0v) is 6.16. The molecular weight excluding hydrogens is 142 g/mol. The second-order valence-corrected chi connectivity index (χ2v) is 1.82. The number of rotatable bonds is 2. The molecule has 11 heavy (non-hydrogen) atoms. The van der Waals surface area contributed by atoms with Gasteiger partial charge in [0.1, 0.15) is 6.79 Å². The summed E-state index contributed by atoms with van der Waals surface area (Å²) in [7, 11) is 0. The first-order valence-electron chi connectivity index (χ1n) is 3.13. The molecule has 0 bridgehead atoms. The minimum absolute atomic E-state index is 0.515. The lowest BCUT2D eigenvalue weighted by Gasteiger charge is -1.94. The van der Waals surface area contributed by atoms with E-state index in [2.05, 4.69) is 5.48 Å². The van der Waals surface area contributed by atoms with Gasteiger partial charge in [0.05, 0.1) is 0 Å². The molecule has 0 fully saturated rings. The summed E-state index contributed by atoms with van der Waals surface area (Å²) in [6, 6.07) is 9.71. The third-order valence-corrected chi connectivity index (χ3v) is 1.13. The first kappa shape index (κ1) is 9.81. The predicted octanol–water partition coefficient (Wildman–Crippen LogP) is 0.980. The standard InChI is InChI=1S/C7H9NO.CH2O/c9-8-6-7-4-2-1-3-5-7;1-2/h1-5,8-9H,6H2;1H2. The van der Waals surface area contributed by atoms with Gasteiger partial charge in [-0.2, -0.15) is 0 Å². The maximum Gasteiger partial charge on any atom is 0.106 e. The number of benzene rings is 1. The van der Waals surface area contributed by atoms with Crippen LogP contribution in [-0.4, -0.2) is 12.0 Å². The van der Waals surface area contributed by atoms with E-state index < -0.39 is 0 Å². The van der Waals surface area contributed by atoms with Crippen LogP contribution in [0, 0.1) is 0 Å². The molecule has 0 aliphatic heterocycles. The van der Waals surface area contributed by atoms with Gasteiger partial charge in [-0.05, 0) is 5.56 Å². The smallest absolute Gasteiger partial charge is 0.106 e. The average molecular weight is 153 g/mol. The zero-order chi connectivity index (χ0) is 8.53. The number of hydroxylamine groups is 1. The van der Waals surface area contributed by atoms with Gasteiger partial charge in [0.25, 0.3) is 0 Å². The van der Waals surface area contributed by atoms with E-state index >= 15 is 0 Å². The van der Waals surface area contributed by atoms with Crippen molar-refractivity contribution in [2.24, 2.45) is 0 Å². The lowest BCUT2D eigenvalue weighted by molar-refractivity contribution is -0.0979. The van der Waals surface area contributed by atoms with Crippen molar-refractivity contribution in [3.05, 3.63) is 35.9 Å². The molecule has 1 rings (SSSR count). The van der Waals surface area contributed by atoms with Crippen LogP contribution in [0.3, 0.4) is 0 Å². The Hall–Kier alpha value is -1.19. The average Bonchev–Trinajstić information content (AvgIpc) is 2.11. The van der Waals surface area contributed by atoms with Crippen LogP contribution in [0.15, 0.2) is 30.3 Å². The number of carbonyl (C=O) groups excluding carboxylic acids is 1. The van der Waals surface area contributed by atoms with Gasteiger partial charge in [-0.3, -0.25) is 0 Å². The number of carbonyl (C=O) groups is 1. The molecule has 1 aromatic carbocycles. The minimum atomic E-state index is 0.515. The van der Waals surface area contributed by atoms with Crippen LogP contribution in [0.5, 0.6) is 0 Å². The highest BCUT2D eigenvalue weighted by Gasteiger charge is 1.84. The van der Waals surface area contributed by atoms with E-state index in [0.29, 0.717) is 6.54 Å². The summed E-state index contributed by atoms with van der Waals surface area (Å²) in [6.45, 7) is 2.51. The molecule has 0 heterocycles. The Labute approximate surface area is 65.6 Å². The second kappa shape index (κ2) is 6.92. The molecule has 0 aliphatic rings. The minimum Gasteiger partial charge on any atom is -0.316 e. The summed E-state index contributed by atoms with van der Waals surface area (Å²) in [4.78, 5) is 8.00. The zero-order valence-electron chi connectivity index (χ0n) is 6.16. The Balaban J connectivity index is 0.000000461. The van der Waals surface area contributed by atoms with Crippen LogP contribution in [-0.2, 0) is 11.3 Å².